The van der Waals surface area contributed by atoms with E-state index in [4.69, 9.17) is 9.47 Å². The van der Waals surface area contributed by atoms with Gasteiger partial charge in [-0.05, 0) is 38.1 Å². The molecule has 118 valence electrons. The van der Waals surface area contributed by atoms with Crippen LogP contribution in [0.2, 0.25) is 0 Å². The predicted molar refractivity (Wildman–Crippen MR) is 88.1 cm³/mol. The summed E-state index contributed by atoms with van der Waals surface area (Å²) in [6, 6.07) is 12.9. The molecule has 0 aliphatic heterocycles. The van der Waals surface area contributed by atoms with Gasteiger partial charge in [-0.1, -0.05) is 17.7 Å². The fraction of sp³-hybridized carbons (Fsp3) is 0.167. The van der Waals surface area contributed by atoms with E-state index in [1.54, 1.807) is 24.4 Å². The zero-order chi connectivity index (χ0) is 16.2. The molecule has 0 amide bonds. The maximum absolute atomic E-state index is 10.2. The highest BCUT2D eigenvalue weighted by Crippen LogP contribution is 2.37. The van der Waals surface area contributed by atoms with Crippen LogP contribution >= 0.6 is 0 Å². The maximum Gasteiger partial charge on any atom is 0.173 e. The molecule has 1 heterocycles. The SMILES string of the molecule is CCOc1ccc(-c2[nH]ncc2Oc2ccc(C)cc2)c(O)c1. The van der Waals surface area contributed by atoms with Crippen molar-refractivity contribution >= 4 is 0 Å². The van der Waals surface area contributed by atoms with Crippen molar-refractivity contribution in [3.63, 3.8) is 0 Å². The number of aromatic hydroxyl groups is 1. The number of H-pyrrole nitrogens is 1. The average Bonchev–Trinajstić information content (AvgIpc) is 2.98. The minimum absolute atomic E-state index is 0.106. The standard InChI is InChI=1S/C18H18N2O3/c1-3-22-14-8-9-15(16(21)10-14)18-17(11-19-20-18)23-13-6-4-12(2)5-7-13/h4-11,21H,3H2,1-2H3,(H,19,20). The number of aromatic nitrogens is 2. The van der Waals surface area contributed by atoms with Crippen LogP contribution in [-0.4, -0.2) is 21.9 Å². The Morgan fingerprint density at radius 2 is 1.83 bits per heavy atom. The summed E-state index contributed by atoms with van der Waals surface area (Å²) in [5, 5.41) is 17.1. The highest BCUT2D eigenvalue weighted by Gasteiger charge is 2.14. The van der Waals surface area contributed by atoms with Gasteiger partial charge in [-0.3, -0.25) is 5.10 Å². The number of phenolic OH excluding ortho intramolecular Hbond substituents is 1. The molecule has 5 heteroatoms. The van der Waals surface area contributed by atoms with Crippen LogP contribution in [0, 0.1) is 6.92 Å². The summed E-state index contributed by atoms with van der Waals surface area (Å²) in [5.41, 5.74) is 2.38. The molecule has 0 atom stereocenters. The summed E-state index contributed by atoms with van der Waals surface area (Å²) in [7, 11) is 0. The molecular formula is C18H18N2O3. The highest BCUT2D eigenvalue weighted by atomic mass is 16.5. The Morgan fingerprint density at radius 3 is 2.52 bits per heavy atom. The number of benzene rings is 2. The molecule has 0 aliphatic carbocycles. The third kappa shape index (κ3) is 3.29. The first kappa shape index (κ1) is 15.0. The lowest BCUT2D eigenvalue weighted by atomic mass is 10.1. The molecule has 0 radical (unpaired) electrons. The Balaban J connectivity index is 1.90. The fourth-order valence-electron chi connectivity index (χ4n) is 2.26. The normalized spacial score (nSPS) is 10.5. The summed E-state index contributed by atoms with van der Waals surface area (Å²) < 4.78 is 11.2. The average molecular weight is 310 g/mol. The van der Waals surface area contributed by atoms with Crippen molar-refractivity contribution in [3.05, 3.63) is 54.2 Å². The van der Waals surface area contributed by atoms with E-state index in [1.165, 1.54) is 0 Å². The lowest BCUT2D eigenvalue weighted by Crippen LogP contribution is -1.92. The quantitative estimate of drug-likeness (QED) is 0.738. The van der Waals surface area contributed by atoms with E-state index in [0.717, 1.165) is 5.56 Å². The van der Waals surface area contributed by atoms with Gasteiger partial charge in [-0.2, -0.15) is 5.10 Å². The number of aryl methyl sites for hydroxylation is 1. The van der Waals surface area contributed by atoms with Gasteiger partial charge in [-0.25, -0.2) is 0 Å². The second kappa shape index (κ2) is 6.44. The van der Waals surface area contributed by atoms with Gasteiger partial charge in [0, 0.05) is 11.6 Å². The molecule has 0 fully saturated rings. The maximum atomic E-state index is 10.2. The Morgan fingerprint density at radius 1 is 1.09 bits per heavy atom. The van der Waals surface area contributed by atoms with Gasteiger partial charge < -0.3 is 14.6 Å². The number of ether oxygens (including phenoxy) is 2. The van der Waals surface area contributed by atoms with Crippen LogP contribution in [0.3, 0.4) is 0 Å². The Kier molecular flexibility index (Phi) is 4.19. The third-order valence-electron chi connectivity index (χ3n) is 3.40. The Hall–Kier alpha value is -2.95. The summed E-state index contributed by atoms with van der Waals surface area (Å²) >= 11 is 0. The molecule has 23 heavy (non-hydrogen) atoms. The van der Waals surface area contributed by atoms with Crippen molar-refractivity contribution in [2.24, 2.45) is 0 Å². The summed E-state index contributed by atoms with van der Waals surface area (Å²) in [4.78, 5) is 0. The topological polar surface area (TPSA) is 67.4 Å². The molecule has 2 aromatic carbocycles. The first-order valence-corrected chi connectivity index (χ1v) is 7.41. The number of phenols is 1. The van der Waals surface area contributed by atoms with E-state index in [1.807, 2.05) is 38.1 Å². The van der Waals surface area contributed by atoms with Crippen molar-refractivity contribution in [1.29, 1.82) is 0 Å². The molecule has 3 aromatic rings. The van der Waals surface area contributed by atoms with Crippen LogP contribution in [0.25, 0.3) is 11.3 Å². The van der Waals surface area contributed by atoms with Gasteiger partial charge in [0.05, 0.1) is 12.8 Å². The summed E-state index contributed by atoms with van der Waals surface area (Å²) in [5.74, 6) is 1.99. The van der Waals surface area contributed by atoms with Crippen LogP contribution in [0.5, 0.6) is 23.0 Å². The molecule has 5 nitrogen and oxygen atoms in total. The van der Waals surface area contributed by atoms with Gasteiger partial charge in [0.15, 0.2) is 5.75 Å². The van der Waals surface area contributed by atoms with E-state index >= 15 is 0 Å². The van der Waals surface area contributed by atoms with Crippen molar-refractivity contribution in [2.75, 3.05) is 6.61 Å². The molecule has 0 spiro atoms. The van der Waals surface area contributed by atoms with Crippen LogP contribution in [0.1, 0.15) is 12.5 Å². The first-order valence-electron chi connectivity index (χ1n) is 7.41. The van der Waals surface area contributed by atoms with Crippen molar-refractivity contribution < 1.29 is 14.6 Å². The van der Waals surface area contributed by atoms with E-state index in [9.17, 15) is 5.11 Å². The largest absolute Gasteiger partial charge is 0.507 e. The Labute approximate surface area is 134 Å². The summed E-state index contributed by atoms with van der Waals surface area (Å²) in [6.07, 6.45) is 1.59. The fourth-order valence-corrected chi connectivity index (χ4v) is 2.26. The second-order valence-corrected chi connectivity index (χ2v) is 5.14. The van der Waals surface area contributed by atoms with E-state index in [-0.39, 0.29) is 5.75 Å². The predicted octanol–water partition coefficient (Wildman–Crippen LogP) is 4.28. The Bertz CT molecular complexity index is 794. The monoisotopic (exact) mass is 310 g/mol. The smallest absolute Gasteiger partial charge is 0.173 e. The highest BCUT2D eigenvalue weighted by molar-refractivity contribution is 5.73. The molecule has 2 N–H and O–H groups in total. The van der Waals surface area contributed by atoms with Gasteiger partial charge in [-0.15, -0.1) is 0 Å². The number of hydrogen-bond acceptors (Lipinski definition) is 4. The zero-order valence-corrected chi connectivity index (χ0v) is 13.0. The van der Waals surface area contributed by atoms with Crippen LogP contribution in [0.15, 0.2) is 48.7 Å². The third-order valence-corrected chi connectivity index (χ3v) is 3.40. The van der Waals surface area contributed by atoms with Crippen molar-refractivity contribution in [2.45, 2.75) is 13.8 Å². The number of hydrogen-bond donors (Lipinski definition) is 2. The van der Waals surface area contributed by atoms with E-state index in [2.05, 4.69) is 10.2 Å². The second-order valence-electron chi connectivity index (χ2n) is 5.14. The number of nitrogens with zero attached hydrogens (tertiary/aromatic N) is 1. The molecular weight excluding hydrogens is 292 g/mol. The van der Waals surface area contributed by atoms with Crippen molar-refractivity contribution in [1.82, 2.24) is 10.2 Å². The molecule has 0 saturated heterocycles. The molecule has 0 aliphatic rings. The number of nitrogens with one attached hydrogen (secondary N) is 1. The molecule has 0 bridgehead atoms. The molecule has 0 saturated carbocycles. The van der Waals surface area contributed by atoms with Crippen LogP contribution < -0.4 is 9.47 Å². The summed E-state index contributed by atoms with van der Waals surface area (Å²) in [6.45, 7) is 4.46. The zero-order valence-electron chi connectivity index (χ0n) is 13.0. The lowest BCUT2D eigenvalue weighted by Gasteiger charge is -2.09. The minimum atomic E-state index is 0.106. The van der Waals surface area contributed by atoms with E-state index in [0.29, 0.717) is 35.1 Å². The first-order chi connectivity index (χ1) is 11.2. The van der Waals surface area contributed by atoms with Crippen LogP contribution in [-0.2, 0) is 0 Å². The van der Waals surface area contributed by atoms with Crippen LogP contribution in [0.4, 0.5) is 0 Å². The minimum Gasteiger partial charge on any atom is -0.507 e. The van der Waals surface area contributed by atoms with Crippen molar-refractivity contribution in [3.8, 4) is 34.3 Å². The van der Waals surface area contributed by atoms with Gasteiger partial charge in [0.25, 0.3) is 0 Å². The molecule has 3 rings (SSSR count). The lowest BCUT2D eigenvalue weighted by molar-refractivity contribution is 0.338. The number of aromatic amines is 1. The van der Waals surface area contributed by atoms with E-state index < -0.39 is 0 Å². The van der Waals surface area contributed by atoms with Gasteiger partial charge in [0.1, 0.15) is 22.9 Å². The van der Waals surface area contributed by atoms with Gasteiger partial charge >= 0.3 is 0 Å². The number of rotatable bonds is 5. The van der Waals surface area contributed by atoms with Gasteiger partial charge in [0.2, 0.25) is 0 Å². The molecule has 0 unspecified atom stereocenters. The molecule has 1 aromatic heterocycles.